The van der Waals surface area contributed by atoms with Gasteiger partial charge in [0.2, 0.25) is 0 Å². The minimum absolute atomic E-state index is 0.0286. The summed E-state index contributed by atoms with van der Waals surface area (Å²) >= 11 is 0. The minimum Gasteiger partial charge on any atom is -0.493 e. The van der Waals surface area contributed by atoms with Crippen LogP contribution in [0.1, 0.15) is 25.3 Å². The highest BCUT2D eigenvalue weighted by molar-refractivity contribution is 7.91. The van der Waals surface area contributed by atoms with Crippen LogP contribution in [-0.2, 0) is 20.0 Å². The van der Waals surface area contributed by atoms with Gasteiger partial charge in [-0.05, 0) is 12.5 Å². The molecule has 0 radical (unpaired) electrons. The molecule has 1 N–H and O–H groups in total. The molecule has 0 fully saturated rings. The third kappa shape index (κ3) is 2.65. The van der Waals surface area contributed by atoms with E-state index in [0.717, 1.165) is 0 Å². The maximum absolute atomic E-state index is 11.8. The summed E-state index contributed by atoms with van der Waals surface area (Å²) < 4.78 is 28.9. The molecule has 0 bridgehead atoms. The molecule has 0 amide bonds. The van der Waals surface area contributed by atoms with Gasteiger partial charge in [-0.15, -0.1) is 0 Å². The summed E-state index contributed by atoms with van der Waals surface area (Å²) in [5.74, 6) is -0.542. The van der Waals surface area contributed by atoms with Gasteiger partial charge in [0, 0.05) is 17.7 Å². The second-order valence-corrected chi connectivity index (χ2v) is 7.44. The Kier molecular flexibility index (Phi) is 4.04. The van der Waals surface area contributed by atoms with Crippen molar-refractivity contribution in [2.75, 3.05) is 18.1 Å². The van der Waals surface area contributed by atoms with Crippen LogP contribution >= 0.6 is 0 Å². The van der Waals surface area contributed by atoms with Crippen molar-refractivity contribution in [2.24, 2.45) is 0 Å². The van der Waals surface area contributed by atoms with Gasteiger partial charge in [0.15, 0.2) is 0 Å². The van der Waals surface area contributed by atoms with Crippen LogP contribution in [0.25, 0.3) is 0 Å². The van der Waals surface area contributed by atoms with Crippen LogP contribution in [0.2, 0.25) is 0 Å². The Morgan fingerprint density at radius 2 is 2.10 bits per heavy atom. The van der Waals surface area contributed by atoms with Crippen LogP contribution in [0, 0.1) is 0 Å². The van der Waals surface area contributed by atoms with Crippen LogP contribution in [0.3, 0.4) is 0 Å². The van der Waals surface area contributed by atoms with Crippen molar-refractivity contribution in [3.05, 3.63) is 29.8 Å². The van der Waals surface area contributed by atoms with E-state index in [9.17, 15) is 18.3 Å². The fourth-order valence-corrected chi connectivity index (χ4v) is 3.47. The van der Waals surface area contributed by atoms with E-state index in [1.807, 2.05) is 0 Å². The fourth-order valence-electron chi connectivity index (χ4n) is 2.52. The van der Waals surface area contributed by atoms with E-state index in [1.54, 1.807) is 31.2 Å². The summed E-state index contributed by atoms with van der Waals surface area (Å²) in [5.41, 5.74) is -0.595. The monoisotopic (exact) mass is 298 g/mol. The normalized spacial score (nSPS) is 21.9. The average molecular weight is 298 g/mol. The van der Waals surface area contributed by atoms with E-state index in [-0.39, 0.29) is 24.5 Å². The molecule has 1 unspecified atom stereocenters. The highest BCUT2D eigenvalue weighted by atomic mass is 32.2. The molecule has 5 nitrogen and oxygen atoms in total. The number of carboxylic acid groups (broad SMARTS) is 1. The van der Waals surface area contributed by atoms with E-state index in [1.165, 1.54) is 0 Å². The molecule has 1 aliphatic heterocycles. The molecule has 1 heterocycles. The van der Waals surface area contributed by atoms with E-state index in [2.05, 4.69) is 0 Å². The van der Waals surface area contributed by atoms with Gasteiger partial charge in [-0.25, -0.2) is 8.42 Å². The van der Waals surface area contributed by atoms with Gasteiger partial charge in [0.05, 0.1) is 12.4 Å². The van der Waals surface area contributed by atoms with Gasteiger partial charge >= 0.3 is 5.97 Å². The average Bonchev–Trinajstić information content (AvgIpc) is 2.45. The van der Waals surface area contributed by atoms with Crippen molar-refractivity contribution in [3.8, 4) is 5.75 Å². The molecule has 6 heteroatoms. The van der Waals surface area contributed by atoms with E-state index >= 15 is 0 Å². The van der Waals surface area contributed by atoms with Gasteiger partial charge in [-0.3, -0.25) is 4.79 Å². The third-order valence-corrected chi connectivity index (χ3v) is 5.58. The number of rotatable bonds is 5. The summed E-state index contributed by atoms with van der Waals surface area (Å²) in [6.45, 7) is 1.86. The number of para-hydroxylation sites is 1. The standard InChI is InChI=1S/C14H18O5S/c1-2-20(17,18)10-8-14(13(15)16)7-9-19-12-6-4-3-5-11(12)14/h3-6H,2,7-10H2,1H3,(H,15,16). The van der Waals surface area contributed by atoms with Crippen molar-refractivity contribution in [1.82, 2.24) is 0 Å². The summed E-state index contributed by atoms with van der Waals surface area (Å²) in [6.07, 6.45) is 0.372. The van der Waals surface area contributed by atoms with E-state index in [4.69, 9.17) is 4.74 Å². The lowest BCUT2D eigenvalue weighted by molar-refractivity contribution is -0.145. The molecular formula is C14H18O5S. The Bertz CT molecular complexity index is 608. The molecule has 20 heavy (non-hydrogen) atoms. The SMILES string of the molecule is CCS(=O)(=O)CCC1(C(=O)O)CCOc2ccccc21. The zero-order chi connectivity index (χ0) is 14.8. The quantitative estimate of drug-likeness (QED) is 0.893. The zero-order valence-electron chi connectivity index (χ0n) is 11.3. The predicted molar refractivity (Wildman–Crippen MR) is 74.8 cm³/mol. The Morgan fingerprint density at radius 3 is 2.75 bits per heavy atom. The molecule has 2 rings (SSSR count). The Labute approximate surface area is 118 Å². The molecule has 110 valence electrons. The highest BCUT2D eigenvalue weighted by Gasteiger charge is 2.45. The molecule has 0 aromatic heterocycles. The number of hydrogen-bond acceptors (Lipinski definition) is 4. The van der Waals surface area contributed by atoms with Crippen LogP contribution in [0.5, 0.6) is 5.75 Å². The lowest BCUT2D eigenvalue weighted by Gasteiger charge is -2.35. The van der Waals surface area contributed by atoms with E-state index in [0.29, 0.717) is 17.7 Å². The molecule has 0 aliphatic carbocycles. The summed E-state index contributed by atoms with van der Waals surface area (Å²) in [4.78, 5) is 11.8. The van der Waals surface area contributed by atoms with Gasteiger partial charge < -0.3 is 9.84 Å². The molecule has 1 aromatic rings. The smallest absolute Gasteiger partial charge is 0.314 e. The minimum atomic E-state index is -3.20. The van der Waals surface area contributed by atoms with Gasteiger partial charge in [0.1, 0.15) is 21.0 Å². The number of carbonyl (C=O) groups is 1. The van der Waals surface area contributed by atoms with Crippen molar-refractivity contribution in [1.29, 1.82) is 0 Å². The number of ether oxygens (including phenoxy) is 1. The van der Waals surface area contributed by atoms with Crippen LogP contribution in [0.15, 0.2) is 24.3 Å². The zero-order valence-corrected chi connectivity index (χ0v) is 12.1. The number of hydrogen-bond donors (Lipinski definition) is 1. The number of benzene rings is 1. The first-order valence-corrected chi connectivity index (χ1v) is 8.39. The first-order valence-electron chi connectivity index (χ1n) is 6.57. The van der Waals surface area contributed by atoms with E-state index < -0.39 is 21.2 Å². The fraction of sp³-hybridized carbons (Fsp3) is 0.500. The molecule has 0 saturated carbocycles. The maximum Gasteiger partial charge on any atom is 0.314 e. The van der Waals surface area contributed by atoms with Crippen LogP contribution in [0.4, 0.5) is 0 Å². The second kappa shape index (κ2) is 5.44. The molecule has 0 saturated heterocycles. The molecule has 1 aromatic carbocycles. The lowest BCUT2D eigenvalue weighted by Crippen LogP contribution is -2.42. The van der Waals surface area contributed by atoms with Crippen LogP contribution < -0.4 is 4.74 Å². The molecule has 1 atom stereocenters. The predicted octanol–water partition coefficient (Wildman–Crippen LogP) is 1.62. The van der Waals surface area contributed by atoms with Gasteiger partial charge in [-0.1, -0.05) is 25.1 Å². The highest BCUT2D eigenvalue weighted by Crippen LogP contribution is 2.41. The summed E-state index contributed by atoms with van der Waals surface area (Å²) in [6, 6.07) is 6.96. The van der Waals surface area contributed by atoms with Crippen LogP contribution in [-0.4, -0.2) is 37.6 Å². The van der Waals surface area contributed by atoms with Crippen molar-refractivity contribution >= 4 is 15.8 Å². The summed E-state index contributed by atoms with van der Waals surface area (Å²) in [5, 5.41) is 9.65. The molecular weight excluding hydrogens is 280 g/mol. The Balaban J connectivity index is 2.40. The second-order valence-electron chi connectivity index (χ2n) is 4.97. The summed E-state index contributed by atoms with van der Waals surface area (Å²) in [7, 11) is -3.20. The lowest BCUT2D eigenvalue weighted by atomic mass is 9.74. The van der Waals surface area contributed by atoms with Crippen molar-refractivity contribution in [3.63, 3.8) is 0 Å². The Hall–Kier alpha value is -1.56. The maximum atomic E-state index is 11.8. The third-order valence-electron chi connectivity index (χ3n) is 3.88. The van der Waals surface area contributed by atoms with Gasteiger partial charge in [-0.2, -0.15) is 0 Å². The number of sulfone groups is 1. The topological polar surface area (TPSA) is 80.7 Å². The largest absolute Gasteiger partial charge is 0.493 e. The number of fused-ring (bicyclic) bond motifs is 1. The van der Waals surface area contributed by atoms with Crippen molar-refractivity contribution in [2.45, 2.75) is 25.2 Å². The molecule has 0 spiro atoms. The number of carboxylic acids is 1. The van der Waals surface area contributed by atoms with Gasteiger partial charge in [0.25, 0.3) is 0 Å². The van der Waals surface area contributed by atoms with Crippen molar-refractivity contribution < 1.29 is 23.1 Å². The first-order chi connectivity index (χ1) is 9.41. The Morgan fingerprint density at radius 1 is 1.40 bits per heavy atom. The molecule has 1 aliphatic rings. The first kappa shape index (κ1) is 14.8. The number of aliphatic carboxylic acids is 1.